The minimum atomic E-state index is -0.530. The first-order valence-corrected chi connectivity index (χ1v) is 8.93. The molecule has 6 nitrogen and oxygen atoms in total. The highest BCUT2D eigenvalue weighted by molar-refractivity contribution is 5.93. The molecule has 0 N–H and O–H groups in total. The lowest BCUT2D eigenvalue weighted by molar-refractivity contribution is 0.0468. The van der Waals surface area contributed by atoms with Crippen molar-refractivity contribution in [2.45, 2.75) is 6.61 Å². The Kier molecular flexibility index (Phi) is 6.58. The predicted molar refractivity (Wildman–Crippen MR) is 108 cm³/mol. The molecular weight excluding hydrogens is 372 g/mol. The van der Waals surface area contributed by atoms with E-state index in [0.29, 0.717) is 23.0 Å². The lowest BCUT2D eigenvalue weighted by atomic mass is 10.1. The molecule has 0 bridgehead atoms. The molecule has 0 saturated heterocycles. The number of para-hydroxylation sites is 1. The van der Waals surface area contributed by atoms with Gasteiger partial charge in [0.25, 0.3) is 0 Å². The molecule has 0 saturated carbocycles. The maximum absolute atomic E-state index is 12.6. The molecule has 3 aromatic rings. The van der Waals surface area contributed by atoms with Gasteiger partial charge in [-0.2, -0.15) is 0 Å². The molecule has 6 heteroatoms. The molecule has 3 aromatic carbocycles. The number of hydrogen-bond acceptors (Lipinski definition) is 6. The Morgan fingerprint density at radius 3 is 2.07 bits per heavy atom. The third-order valence-electron chi connectivity index (χ3n) is 4.17. The van der Waals surface area contributed by atoms with Gasteiger partial charge in [0.1, 0.15) is 29.4 Å². The summed E-state index contributed by atoms with van der Waals surface area (Å²) < 4.78 is 27.1. The summed E-state index contributed by atoms with van der Waals surface area (Å²) in [5, 5.41) is 0. The van der Waals surface area contributed by atoms with E-state index in [0.717, 1.165) is 11.3 Å². The number of carbonyl (C=O) groups is 1. The van der Waals surface area contributed by atoms with Crippen molar-refractivity contribution < 1.29 is 28.5 Å². The molecule has 0 spiro atoms. The number of esters is 1. The van der Waals surface area contributed by atoms with E-state index in [1.165, 1.54) is 27.4 Å². The highest BCUT2D eigenvalue weighted by Gasteiger charge is 2.19. The van der Waals surface area contributed by atoms with Crippen molar-refractivity contribution in [3.63, 3.8) is 0 Å². The van der Waals surface area contributed by atoms with Gasteiger partial charge < -0.3 is 23.7 Å². The molecule has 150 valence electrons. The van der Waals surface area contributed by atoms with E-state index in [1.54, 1.807) is 6.07 Å². The summed E-state index contributed by atoms with van der Waals surface area (Å²) in [6.07, 6.45) is 0. The first-order valence-electron chi connectivity index (χ1n) is 8.93. The maximum atomic E-state index is 12.6. The van der Waals surface area contributed by atoms with Gasteiger partial charge in [0.05, 0.1) is 21.3 Å². The van der Waals surface area contributed by atoms with Gasteiger partial charge in [-0.1, -0.05) is 30.3 Å². The van der Waals surface area contributed by atoms with Crippen molar-refractivity contribution in [2.24, 2.45) is 0 Å². The van der Waals surface area contributed by atoms with Crippen LogP contribution in [-0.2, 0) is 11.3 Å². The molecule has 0 aliphatic carbocycles. The molecule has 0 heterocycles. The molecule has 0 radical (unpaired) electrons. The third-order valence-corrected chi connectivity index (χ3v) is 4.17. The van der Waals surface area contributed by atoms with E-state index < -0.39 is 5.97 Å². The van der Waals surface area contributed by atoms with Gasteiger partial charge in [0.2, 0.25) is 0 Å². The first kappa shape index (κ1) is 20.1. The highest BCUT2D eigenvalue weighted by Crippen LogP contribution is 2.35. The summed E-state index contributed by atoms with van der Waals surface area (Å²) in [6, 6.07) is 20.0. The molecule has 3 rings (SSSR count). The van der Waals surface area contributed by atoms with Crippen molar-refractivity contribution in [3.8, 4) is 28.7 Å². The van der Waals surface area contributed by atoms with Crippen LogP contribution in [0.15, 0.2) is 66.7 Å². The van der Waals surface area contributed by atoms with Crippen LogP contribution in [0.2, 0.25) is 0 Å². The smallest absolute Gasteiger partial charge is 0.342 e. The van der Waals surface area contributed by atoms with Crippen LogP contribution >= 0.6 is 0 Å². The Morgan fingerprint density at radius 2 is 1.38 bits per heavy atom. The largest absolute Gasteiger partial charge is 0.496 e. The summed E-state index contributed by atoms with van der Waals surface area (Å²) >= 11 is 0. The van der Waals surface area contributed by atoms with Crippen LogP contribution < -0.4 is 18.9 Å². The molecule has 0 aliphatic rings. The summed E-state index contributed by atoms with van der Waals surface area (Å²) in [5.41, 5.74) is 1.05. The van der Waals surface area contributed by atoms with Gasteiger partial charge in [-0.05, 0) is 29.8 Å². The van der Waals surface area contributed by atoms with Gasteiger partial charge >= 0.3 is 5.97 Å². The van der Waals surface area contributed by atoms with Crippen molar-refractivity contribution in [1.29, 1.82) is 0 Å². The molecule has 0 unspecified atom stereocenters. The van der Waals surface area contributed by atoms with Crippen molar-refractivity contribution in [1.82, 2.24) is 0 Å². The molecular formula is C23H22O6. The fourth-order valence-corrected chi connectivity index (χ4v) is 2.74. The quantitative estimate of drug-likeness (QED) is 0.509. The van der Waals surface area contributed by atoms with Crippen LogP contribution in [0.4, 0.5) is 0 Å². The summed E-state index contributed by atoms with van der Waals surface area (Å²) in [5.74, 6) is 2.08. The van der Waals surface area contributed by atoms with Gasteiger partial charge in [-0.3, -0.25) is 0 Å². The second kappa shape index (κ2) is 9.50. The number of carbonyl (C=O) groups excluding carboxylic acids is 1. The Morgan fingerprint density at radius 1 is 0.724 bits per heavy atom. The number of rotatable bonds is 8. The highest BCUT2D eigenvalue weighted by atomic mass is 16.5. The fourth-order valence-electron chi connectivity index (χ4n) is 2.74. The van der Waals surface area contributed by atoms with E-state index in [9.17, 15) is 4.79 Å². The second-order valence-corrected chi connectivity index (χ2v) is 6.05. The zero-order valence-corrected chi connectivity index (χ0v) is 16.5. The number of hydrogen-bond donors (Lipinski definition) is 0. The topological polar surface area (TPSA) is 63.2 Å². The zero-order chi connectivity index (χ0) is 20.6. The number of benzene rings is 3. The van der Waals surface area contributed by atoms with Crippen LogP contribution in [-0.4, -0.2) is 27.3 Å². The second-order valence-electron chi connectivity index (χ2n) is 6.05. The summed E-state index contributed by atoms with van der Waals surface area (Å²) in [4.78, 5) is 12.6. The molecule has 0 amide bonds. The van der Waals surface area contributed by atoms with Crippen LogP contribution in [0.1, 0.15) is 15.9 Å². The van der Waals surface area contributed by atoms with Crippen LogP contribution in [0.5, 0.6) is 28.7 Å². The third kappa shape index (κ3) is 4.99. The summed E-state index contributed by atoms with van der Waals surface area (Å²) in [7, 11) is 4.49. The average Bonchev–Trinajstić information content (AvgIpc) is 2.77. The molecule has 0 fully saturated rings. The van der Waals surface area contributed by atoms with Crippen LogP contribution in [0.3, 0.4) is 0 Å². The normalized spacial score (nSPS) is 10.2. The van der Waals surface area contributed by atoms with Crippen molar-refractivity contribution >= 4 is 5.97 Å². The van der Waals surface area contributed by atoms with Crippen molar-refractivity contribution in [2.75, 3.05) is 21.3 Å². The lowest BCUT2D eigenvalue weighted by Gasteiger charge is -2.14. The predicted octanol–water partition coefficient (Wildman–Crippen LogP) is 4.86. The molecule has 29 heavy (non-hydrogen) atoms. The molecule has 0 atom stereocenters. The number of ether oxygens (including phenoxy) is 5. The zero-order valence-electron chi connectivity index (χ0n) is 16.5. The Labute approximate surface area is 169 Å². The van der Waals surface area contributed by atoms with Crippen LogP contribution in [0.25, 0.3) is 0 Å². The van der Waals surface area contributed by atoms with Crippen LogP contribution in [0, 0.1) is 0 Å². The van der Waals surface area contributed by atoms with E-state index in [1.807, 2.05) is 54.6 Å². The fraction of sp³-hybridized carbons (Fsp3) is 0.174. The number of methoxy groups -OCH3 is 3. The molecule has 0 aliphatic heterocycles. The average molecular weight is 394 g/mol. The Hall–Kier alpha value is -3.67. The van der Waals surface area contributed by atoms with Gasteiger partial charge in [0.15, 0.2) is 11.5 Å². The Bertz CT molecular complexity index is 968. The van der Waals surface area contributed by atoms with Gasteiger partial charge in [-0.25, -0.2) is 4.79 Å². The van der Waals surface area contributed by atoms with Crippen molar-refractivity contribution in [3.05, 3.63) is 77.9 Å². The van der Waals surface area contributed by atoms with E-state index in [4.69, 9.17) is 23.7 Å². The summed E-state index contributed by atoms with van der Waals surface area (Å²) in [6.45, 7) is 0.0856. The molecule has 0 aromatic heterocycles. The first-order chi connectivity index (χ1) is 14.1. The lowest BCUT2D eigenvalue weighted by Crippen LogP contribution is -2.08. The van der Waals surface area contributed by atoms with Gasteiger partial charge in [0, 0.05) is 12.1 Å². The SMILES string of the molecule is COc1cc(OC)c(C(=O)OCc2cccc(Oc3ccccc3)c2)cc1OC. The van der Waals surface area contributed by atoms with E-state index in [-0.39, 0.29) is 12.2 Å². The minimum Gasteiger partial charge on any atom is -0.496 e. The maximum Gasteiger partial charge on any atom is 0.342 e. The van der Waals surface area contributed by atoms with Gasteiger partial charge in [-0.15, -0.1) is 0 Å². The Balaban J connectivity index is 1.72. The minimum absolute atomic E-state index is 0.0856. The van der Waals surface area contributed by atoms with E-state index in [2.05, 4.69) is 0 Å². The monoisotopic (exact) mass is 394 g/mol. The standard InChI is InChI=1S/C23H22O6/c1-25-20-14-22(27-3)21(26-2)13-19(20)23(24)28-15-16-8-7-11-18(12-16)29-17-9-5-4-6-10-17/h4-14H,15H2,1-3H3. The van der Waals surface area contributed by atoms with E-state index >= 15 is 0 Å².